The fourth-order valence-electron chi connectivity index (χ4n) is 6.51. The van der Waals surface area contributed by atoms with Gasteiger partial charge in [0.05, 0.1) is 0 Å². The first-order valence-electron chi connectivity index (χ1n) is 17.3. The van der Waals surface area contributed by atoms with Crippen molar-refractivity contribution >= 4 is 37.0 Å². The van der Waals surface area contributed by atoms with Gasteiger partial charge in [-0.1, -0.05) is 17.7 Å². The predicted molar refractivity (Wildman–Crippen MR) is 187 cm³/mol. The number of allylic oxidation sites excluding steroid dienone is 2. The van der Waals surface area contributed by atoms with Crippen LogP contribution in [0, 0.1) is 11.8 Å². The summed E-state index contributed by atoms with van der Waals surface area (Å²) in [6.07, 6.45) is 14.9. The van der Waals surface area contributed by atoms with Crippen LogP contribution in [0.3, 0.4) is 0 Å². The van der Waals surface area contributed by atoms with Gasteiger partial charge >= 0.3 is 202 Å². The van der Waals surface area contributed by atoms with E-state index in [1.165, 1.54) is 0 Å². The van der Waals surface area contributed by atoms with Crippen molar-refractivity contribution < 1.29 is 38.7 Å². The van der Waals surface area contributed by atoms with Crippen LogP contribution < -0.4 is 9.20 Å². The molecule has 2 N–H and O–H groups in total. The van der Waals surface area contributed by atoms with Gasteiger partial charge in [-0.25, -0.2) is 0 Å². The monoisotopic (exact) mass is 748 g/mol. The average Bonchev–Trinajstić information content (AvgIpc) is 3.39. The number of carbonyl (C=O) groups is 1. The number of carboxylic acid groups (broad SMARTS) is 1. The Kier molecular flexibility index (Phi) is 15.3. The number of halogens is 1. The van der Waals surface area contributed by atoms with Crippen molar-refractivity contribution in [1.29, 1.82) is 0 Å². The molecular formula is C38H49ClO8Se. The second kappa shape index (κ2) is 19.9. The van der Waals surface area contributed by atoms with Gasteiger partial charge in [0.2, 0.25) is 0 Å². The molecule has 0 amide bonds. The third kappa shape index (κ3) is 12.0. The molecule has 2 aromatic carbocycles. The van der Waals surface area contributed by atoms with Crippen molar-refractivity contribution in [3.8, 4) is 5.75 Å². The molecule has 2 aliphatic heterocycles. The molecule has 0 bridgehead atoms. The number of aliphatic hydroxyl groups excluding tert-OH is 1. The SMILES string of the molecule is O=C(O)C(CC/C=C\C[C@@H]1[C@@H](/C=C/[C@H](COc2cccc(Cl)c2)OC2CCCCO2)[C@H](O)C[C@@H]1OC1CCCCO1)[Se]c1ccccc1. The summed E-state index contributed by atoms with van der Waals surface area (Å²) in [4.78, 5) is 11.6. The Hall–Kier alpha value is -2.20. The van der Waals surface area contributed by atoms with E-state index in [0.29, 0.717) is 49.7 Å². The summed E-state index contributed by atoms with van der Waals surface area (Å²) in [5, 5.41) is 21.8. The zero-order valence-corrected chi connectivity index (χ0v) is 29.9. The van der Waals surface area contributed by atoms with Crippen molar-refractivity contribution in [3.05, 3.63) is 83.9 Å². The van der Waals surface area contributed by atoms with Crippen LogP contribution in [0.4, 0.5) is 0 Å². The molecule has 262 valence electrons. The molecule has 0 radical (unpaired) electrons. The van der Waals surface area contributed by atoms with Crippen molar-refractivity contribution in [2.24, 2.45) is 11.8 Å². The van der Waals surface area contributed by atoms with Gasteiger partial charge in [-0.2, -0.15) is 0 Å². The van der Waals surface area contributed by atoms with E-state index in [2.05, 4.69) is 18.2 Å². The zero-order valence-electron chi connectivity index (χ0n) is 27.4. The molecule has 3 fully saturated rings. The fraction of sp³-hybridized carbons (Fsp3) is 0.553. The molecule has 1 aliphatic carbocycles. The molecule has 48 heavy (non-hydrogen) atoms. The van der Waals surface area contributed by atoms with Crippen molar-refractivity contribution in [2.45, 2.75) is 99.9 Å². The molecule has 8 atom stereocenters. The Labute approximate surface area is 295 Å². The summed E-state index contributed by atoms with van der Waals surface area (Å²) in [6.45, 7) is 1.64. The first kappa shape index (κ1) is 37.1. The summed E-state index contributed by atoms with van der Waals surface area (Å²) in [5.41, 5.74) is 0. The maximum atomic E-state index is 12.0. The van der Waals surface area contributed by atoms with Crippen LogP contribution in [-0.4, -0.2) is 81.9 Å². The molecule has 2 saturated heterocycles. The van der Waals surface area contributed by atoms with Gasteiger partial charge in [-0.3, -0.25) is 0 Å². The van der Waals surface area contributed by atoms with E-state index in [9.17, 15) is 15.0 Å². The van der Waals surface area contributed by atoms with E-state index in [1.54, 1.807) is 12.1 Å². The van der Waals surface area contributed by atoms with E-state index >= 15 is 0 Å². The molecule has 3 aliphatic rings. The van der Waals surface area contributed by atoms with Gasteiger partial charge in [0, 0.05) is 11.6 Å². The quantitative estimate of drug-likeness (QED) is 0.136. The molecule has 5 rings (SSSR count). The summed E-state index contributed by atoms with van der Waals surface area (Å²) in [5.74, 6) is -0.232. The van der Waals surface area contributed by atoms with E-state index in [-0.39, 0.29) is 56.9 Å². The Morgan fingerprint density at radius 2 is 1.77 bits per heavy atom. The van der Waals surface area contributed by atoms with Gasteiger partial charge in [-0.15, -0.1) is 0 Å². The molecular weight excluding hydrogens is 699 g/mol. The van der Waals surface area contributed by atoms with Crippen molar-refractivity contribution in [3.63, 3.8) is 0 Å². The predicted octanol–water partition coefficient (Wildman–Crippen LogP) is 6.72. The molecule has 1 saturated carbocycles. The average molecular weight is 748 g/mol. The zero-order chi connectivity index (χ0) is 33.6. The van der Waals surface area contributed by atoms with E-state index < -0.39 is 18.2 Å². The Morgan fingerprint density at radius 1 is 1.00 bits per heavy atom. The molecule has 2 aromatic rings. The number of aliphatic carboxylic acids is 1. The van der Waals surface area contributed by atoms with E-state index in [0.717, 1.165) is 43.0 Å². The number of rotatable bonds is 17. The van der Waals surface area contributed by atoms with Crippen LogP contribution in [0.2, 0.25) is 9.84 Å². The molecule has 10 heteroatoms. The van der Waals surface area contributed by atoms with Crippen LogP contribution in [0.25, 0.3) is 0 Å². The molecule has 0 aromatic heterocycles. The molecule has 8 nitrogen and oxygen atoms in total. The first-order valence-corrected chi connectivity index (χ1v) is 19.6. The van der Waals surface area contributed by atoms with Gasteiger partial charge < -0.3 is 9.47 Å². The number of hydrogen-bond donors (Lipinski definition) is 2. The number of benzene rings is 2. The second-order valence-electron chi connectivity index (χ2n) is 12.7. The Balaban J connectivity index is 1.25. The van der Waals surface area contributed by atoms with Gasteiger partial charge in [-0.05, 0) is 43.9 Å². The standard InChI is InChI=1S/C38H49ClO8Se/c39-27-12-11-13-28(24-27)45-26-29(46-36-18-7-9-22-43-36)20-21-31-32(34(25-33(31)40)47-37-19-8-10-23-44-37)16-5-2-6-17-35(38(41)42)48-30-14-3-1-4-15-30/h1-5,11-15,20-21,24,29,31-37,40H,6-10,16-19,22-23,25-26H2,(H,41,42)/b5-2-,21-20+/t29-,31-,32-,33-,34+,35?,36?,37?/m1/s1. The van der Waals surface area contributed by atoms with Crippen LogP contribution in [0.1, 0.15) is 64.2 Å². The van der Waals surface area contributed by atoms with E-state index in [4.69, 9.17) is 35.3 Å². The minimum absolute atomic E-state index is 0.0160. The van der Waals surface area contributed by atoms with Gasteiger partial charge in [0.15, 0.2) is 6.29 Å². The normalized spacial score (nSPS) is 27.7. The fourth-order valence-corrected chi connectivity index (χ4v) is 8.78. The van der Waals surface area contributed by atoms with Crippen LogP contribution in [-0.2, 0) is 23.7 Å². The molecule has 3 unspecified atom stereocenters. The maximum absolute atomic E-state index is 12.0. The van der Waals surface area contributed by atoms with Crippen LogP contribution in [0.15, 0.2) is 78.9 Å². The van der Waals surface area contributed by atoms with Crippen LogP contribution >= 0.6 is 11.6 Å². The Morgan fingerprint density at radius 3 is 2.48 bits per heavy atom. The number of aliphatic hydroxyl groups is 1. The topological polar surface area (TPSA) is 104 Å². The molecule has 2 heterocycles. The number of carboxylic acids is 1. The summed E-state index contributed by atoms with van der Waals surface area (Å²) >= 11 is 6.04. The summed E-state index contributed by atoms with van der Waals surface area (Å²) in [6, 6.07) is 17.2. The summed E-state index contributed by atoms with van der Waals surface area (Å²) < 4.78 is 31.8. The van der Waals surface area contributed by atoms with Crippen molar-refractivity contribution in [1.82, 2.24) is 0 Å². The Bertz CT molecular complexity index is 1300. The second-order valence-corrected chi connectivity index (χ2v) is 15.8. The summed E-state index contributed by atoms with van der Waals surface area (Å²) in [7, 11) is 0. The number of hydrogen-bond acceptors (Lipinski definition) is 7. The third-order valence-corrected chi connectivity index (χ3v) is 11.9. The number of ether oxygens (including phenoxy) is 5. The van der Waals surface area contributed by atoms with Gasteiger partial charge in [0.25, 0.3) is 0 Å². The van der Waals surface area contributed by atoms with E-state index in [1.807, 2.05) is 48.5 Å². The first-order chi connectivity index (χ1) is 23.4. The third-order valence-electron chi connectivity index (χ3n) is 9.04. The molecule has 0 spiro atoms. The van der Waals surface area contributed by atoms with Crippen LogP contribution in [0.5, 0.6) is 5.75 Å². The van der Waals surface area contributed by atoms with Crippen molar-refractivity contribution in [2.75, 3.05) is 19.8 Å². The minimum atomic E-state index is -0.743. The van der Waals surface area contributed by atoms with Gasteiger partial charge in [0.1, 0.15) is 5.75 Å².